The molecule has 3 aliphatic rings. The summed E-state index contributed by atoms with van der Waals surface area (Å²) in [7, 11) is 3.83. The number of cyclic esters (lactones) is 1. The van der Waals surface area contributed by atoms with E-state index in [0.29, 0.717) is 19.3 Å². The zero-order valence-corrected chi connectivity index (χ0v) is 25.2. The number of nitrogens with zero attached hydrogens (tertiary/aromatic N) is 1. The van der Waals surface area contributed by atoms with Gasteiger partial charge in [0, 0.05) is 23.8 Å². The Labute approximate surface area is 234 Å². The van der Waals surface area contributed by atoms with E-state index in [1.54, 1.807) is 6.08 Å². The number of likely N-dealkylation sites (N-methyl/N-ethyl adjacent to an activating group) is 1. The van der Waals surface area contributed by atoms with Gasteiger partial charge in [-0.25, -0.2) is 0 Å². The minimum Gasteiger partial charge on any atom is -0.462 e. The molecule has 3 rings (SSSR count). The first-order valence-electron chi connectivity index (χ1n) is 14.6. The summed E-state index contributed by atoms with van der Waals surface area (Å²) in [5, 5.41) is 22.3. The highest BCUT2D eigenvalue weighted by atomic mass is 16.7. The van der Waals surface area contributed by atoms with E-state index in [4.69, 9.17) is 18.9 Å². The van der Waals surface area contributed by atoms with Crippen LogP contribution in [-0.4, -0.2) is 95.5 Å². The lowest BCUT2D eigenvalue weighted by Crippen LogP contribution is -2.56. The molecule has 224 valence electrons. The van der Waals surface area contributed by atoms with Crippen LogP contribution in [0, 0.1) is 23.7 Å². The van der Waals surface area contributed by atoms with Crippen LogP contribution in [0.25, 0.3) is 0 Å². The smallest absolute Gasteiger partial charge is 0.308 e. The van der Waals surface area contributed by atoms with Crippen molar-refractivity contribution in [3.63, 3.8) is 0 Å². The van der Waals surface area contributed by atoms with Crippen molar-refractivity contribution in [2.75, 3.05) is 14.1 Å². The van der Waals surface area contributed by atoms with Gasteiger partial charge >= 0.3 is 5.97 Å². The summed E-state index contributed by atoms with van der Waals surface area (Å²) in [6, 6.07) is -0.149. The number of fused-ring (bicyclic) bond motifs is 1. The Morgan fingerprint density at radius 2 is 1.74 bits per heavy atom. The monoisotopic (exact) mass is 553 g/mol. The van der Waals surface area contributed by atoms with Crippen LogP contribution in [0.3, 0.4) is 0 Å². The molecule has 13 atom stereocenters. The van der Waals surface area contributed by atoms with Gasteiger partial charge in [-0.3, -0.25) is 9.59 Å². The van der Waals surface area contributed by atoms with Gasteiger partial charge in [0.2, 0.25) is 0 Å². The quantitative estimate of drug-likeness (QED) is 0.400. The third-order valence-corrected chi connectivity index (χ3v) is 9.06. The fourth-order valence-corrected chi connectivity index (χ4v) is 6.36. The van der Waals surface area contributed by atoms with Gasteiger partial charge in [0.25, 0.3) is 0 Å². The SMILES string of the molecule is CC[C@H]1OC(=O)C[C@@H](O)[C@H](C)[C@H](O[C@H]2O[C@@H](C)C[C@@H](N(C)C)[C@@H]2O)[C@H](C)C[C@H](C)C(=O)/C=C/[C@]2(C)O[C@H]2[C@@H]1C. The maximum atomic E-state index is 13.1. The van der Waals surface area contributed by atoms with Crippen LogP contribution in [0.4, 0.5) is 0 Å². The zero-order valence-electron chi connectivity index (χ0n) is 25.2. The highest BCUT2D eigenvalue weighted by Crippen LogP contribution is 2.44. The fourth-order valence-electron chi connectivity index (χ4n) is 6.36. The number of ketones is 1. The zero-order chi connectivity index (χ0) is 29.2. The first-order chi connectivity index (χ1) is 18.2. The number of hydrogen-bond acceptors (Lipinski definition) is 9. The van der Waals surface area contributed by atoms with Crippen molar-refractivity contribution in [1.82, 2.24) is 4.90 Å². The molecule has 0 radical (unpaired) electrons. The van der Waals surface area contributed by atoms with E-state index >= 15 is 0 Å². The van der Waals surface area contributed by atoms with Crippen molar-refractivity contribution in [1.29, 1.82) is 0 Å². The van der Waals surface area contributed by atoms with Crippen molar-refractivity contribution in [3.8, 4) is 0 Å². The number of epoxide rings is 1. The van der Waals surface area contributed by atoms with E-state index in [-0.39, 0.29) is 54.3 Å². The predicted molar refractivity (Wildman–Crippen MR) is 147 cm³/mol. The summed E-state index contributed by atoms with van der Waals surface area (Å²) in [6.45, 7) is 13.5. The summed E-state index contributed by atoms with van der Waals surface area (Å²) in [6.07, 6.45) is 0.957. The number of carbonyl (C=O) groups is 2. The Morgan fingerprint density at radius 3 is 2.36 bits per heavy atom. The summed E-state index contributed by atoms with van der Waals surface area (Å²) in [4.78, 5) is 28.0. The summed E-state index contributed by atoms with van der Waals surface area (Å²) in [5.41, 5.74) is -0.578. The van der Waals surface area contributed by atoms with E-state index < -0.39 is 42.1 Å². The highest BCUT2D eigenvalue weighted by molar-refractivity contribution is 5.91. The van der Waals surface area contributed by atoms with E-state index in [9.17, 15) is 19.8 Å². The summed E-state index contributed by atoms with van der Waals surface area (Å²) < 4.78 is 24.3. The molecule has 0 bridgehead atoms. The lowest BCUT2D eigenvalue weighted by Gasteiger charge is -2.44. The molecule has 2 N–H and O–H groups in total. The molecule has 2 saturated heterocycles. The number of esters is 1. The molecule has 9 nitrogen and oxygen atoms in total. The molecule has 3 heterocycles. The van der Waals surface area contributed by atoms with Crippen molar-refractivity contribution >= 4 is 11.8 Å². The van der Waals surface area contributed by atoms with Crippen LogP contribution in [0.2, 0.25) is 0 Å². The molecule has 0 aromatic rings. The molecular weight excluding hydrogens is 502 g/mol. The molecule has 0 aliphatic carbocycles. The van der Waals surface area contributed by atoms with Crippen LogP contribution >= 0.6 is 0 Å². The van der Waals surface area contributed by atoms with Crippen molar-refractivity contribution in [2.45, 2.75) is 129 Å². The molecule has 39 heavy (non-hydrogen) atoms. The Bertz CT molecular complexity index is 879. The van der Waals surface area contributed by atoms with Gasteiger partial charge in [0.05, 0.1) is 30.8 Å². The van der Waals surface area contributed by atoms with Gasteiger partial charge in [-0.15, -0.1) is 0 Å². The Morgan fingerprint density at radius 1 is 1.08 bits per heavy atom. The first-order valence-corrected chi connectivity index (χ1v) is 14.6. The molecule has 0 aromatic carbocycles. The minimum absolute atomic E-state index is 0.00209. The third kappa shape index (κ3) is 7.68. The fraction of sp³-hybridized carbons (Fsp3) is 0.867. The Hall–Kier alpha value is -1.36. The van der Waals surface area contributed by atoms with Gasteiger partial charge in [-0.2, -0.15) is 0 Å². The predicted octanol–water partition coefficient (Wildman–Crippen LogP) is 3.10. The van der Waals surface area contributed by atoms with Crippen LogP contribution in [-0.2, 0) is 28.5 Å². The second-order valence-corrected chi connectivity index (χ2v) is 12.7. The third-order valence-electron chi connectivity index (χ3n) is 9.06. The lowest BCUT2D eigenvalue weighted by atomic mass is 9.82. The second kappa shape index (κ2) is 13.1. The van der Waals surface area contributed by atoms with Crippen LogP contribution < -0.4 is 0 Å². The number of aliphatic hydroxyl groups is 2. The molecule has 0 aromatic heterocycles. The van der Waals surface area contributed by atoms with Gasteiger partial charge < -0.3 is 34.1 Å². The van der Waals surface area contributed by atoms with Gasteiger partial charge in [0.1, 0.15) is 17.8 Å². The van der Waals surface area contributed by atoms with E-state index in [1.807, 2.05) is 73.5 Å². The number of hydrogen-bond donors (Lipinski definition) is 2. The topological polar surface area (TPSA) is 118 Å². The molecule has 0 unspecified atom stereocenters. The van der Waals surface area contributed by atoms with Crippen LogP contribution in [0.1, 0.15) is 74.1 Å². The molecule has 3 aliphatic heterocycles. The number of carbonyl (C=O) groups excluding carboxylic acids is 2. The maximum absolute atomic E-state index is 13.1. The normalized spacial score (nSPS) is 47.4. The minimum atomic E-state index is -1.04. The maximum Gasteiger partial charge on any atom is 0.308 e. The number of rotatable bonds is 4. The Kier molecular flexibility index (Phi) is 10.8. The van der Waals surface area contributed by atoms with Crippen LogP contribution in [0.5, 0.6) is 0 Å². The highest BCUT2D eigenvalue weighted by Gasteiger charge is 2.55. The van der Waals surface area contributed by atoms with Crippen molar-refractivity contribution in [3.05, 3.63) is 12.2 Å². The van der Waals surface area contributed by atoms with Gasteiger partial charge in [0.15, 0.2) is 12.1 Å². The number of allylic oxidation sites excluding steroid dienone is 1. The molecule has 0 amide bonds. The standard InChI is InChI=1S/C30H51NO8/c1-10-24-20(6)28-30(7,39-28)12-11-22(32)16(2)13-17(3)27(19(5)23(33)15-25(34)37-24)38-29-26(35)21(31(8)9)14-18(4)36-29/h11-12,16-21,23-24,26-29,33,35H,10,13-15H2,1-9H3/b12-11+/t16-,17+,18-,19-,20+,21+,23+,24+,26-,27+,28-,29+,30-/m0/s1. The van der Waals surface area contributed by atoms with E-state index in [0.717, 1.165) is 0 Å². The van der Waals surface area contributed by atoms with Gasteiger partial charge in [-0.1, -0.05) is 34.6 Å². The number of ether oxygens (including phenoxy) is 4. The molecule has 0 saturated carbocycles. The van der Waals surface area contributed by atoms with E-state index in [1.165, 1.54) is 0 Å². The molecular formula is C30H51NO8. The van der Waals surface area contributed by atoms with Crippen molar-refractivity contribution < 1.29 is 38.7 Å². The Balaban J connectivity index is 1.88. The lowest BCUT2D eigenvalue weighted by molar-refractivity contribution is -0.282. The average molecular weight is 554 g/mol. The van der Waals surface area contributed by atoms with Crippen LogP contribution in [0.15, 0.2) is 12.2 Å². The number of aliphatic hydroxyl groups excluding tert-OH is 2. The second-order valence-electron chi connectivity index (χ2n) is 12.7. The molecule has 0 spiro atoms. The van der Waals surface area contributed by atoms with Crippen molar-refractivity contribution in [2.24, 2.45) is 23.7 Å². The summed E-state index contributed by atoms with van der Waals surface area (Å²) in [5.74, 6) is -1.51. The first kappa shape index (κ1) is 32.2. The average Bonchev–Trinajstić information content (AvgIpc) is 3.55. The largest absolute Gasteiger partial charge is 0.462 e. The molecule has 2 fully saturated rings. The molecule has 9 heteroatoms. The van der Waals surface area contributed by atoms with E-state index in [2.05, 4.69) is 0 Å². The van der Waals surface area contributed by atoms with Gasteiger partial charge in [-0.05, 0) is 65.3 Å². The summed E-state index contributed by atoms with van der Waals surface area (Å²) >= 11 is 0.